The first-order chi connectivity index (χ1) is 4.26. The molecule has 0 aliphatic heterocycles. The Morgan fingerprint density at radius 2 is 2.33 bits per heavy atom. The van der Waals surface area contributed by atoms with E-state index in [0.717, 1.165) is 6.42 Å². The Morgan fingerprint density at radius 3 is 2.44 bits per heavy atom. The van der Waals surface area contributed by atoms with Crippen LogP contribution >= 0.6 is 0 Å². The third-order valence-electron chi connectivity index (χ3n) is 1.24. The van der Waals surface area contributed by atoms with E-state index in [9.17, 15) is 0 Å². The molecule has 0 spiro atoms. The SMILES string of the molecule is CCC(OC)C(N)=NC. The zero-order valence-corrected chi connectivity index (χ0v) is 6.22. The highest BCUT2D eigenvalue weighted by Gasteiger charge is 2.06. The van der Waals surface area contributed by atoms with Gasteiger partial charge in [-0.3, -0.25) is 4.99 Å². The quantitative estimate of drug-likeness (QED) is 0.444. The van der Waals surface area contributed by atoms with Crippen LogP contribution in [0.2, 0.25) is 0 Å². The van der Waals surface area contributed by atoms with E-state index in [0.29, 0.717) is 5.84 Å². The predicted octanol–water partition coefficient (Wildman–Crippen LogP) is 0.398. The van der Waals surface area contributed by atoms with Crippen LogP contribution in [0.3, 0.4) is 0 Å². The molecule has 0 heterocycles. The van der Waals surface area contributed by atoms with E-state index in [1.165, 1.54) is 0 Å². The van der Waals surface area contributed by atoms with Gasteiger partial charge in [-0.05, 0) is 6.42 Å². The summed E-state index contributed by atoms with van der Waals surface area (Å²) >= 11 is 0. The summed E-state index contributed by atoms with van der Waals surface area (Å²) in [6.45, 7) is 2.01. The molecule has 2 N–H and O–H groups in total. The van der Waals surface area contributed by atoms with Crippen molar-refractivity contribution in [2.45, 2.75) is 19.4 Å². The van der Waals surface area contributed by atoms with Gasteiger partial charge in [0, 0.05) is 14.2 Å². The standard InChI is InChI=1S/C6H14N2O/c1-4-5(9-3)6(7)8-2/h5H,4H2,1-3H3,(H2,7,8). The molecule has 0 saturated heterocycles. The van der Waals surface area contributed by atoms with Gasteiger partial charge in [0.25, 0.3) is 0 Å². The highest BCUT2D eigenvalue weighted by Crippen LogP contribution is 1.94. The second-order valence-electron chi connectivity index (χ2n) is 1.78. The van der Waals surface area contributed by atoms with Crippen LogP contribution in [-0.2, 0) is 4.74 Å². The molecule has 0 rings (SSSR count). The van der Waals surface area contributed by atoms with Crippen molar-refractivity contribution in [3.63, 3.8) is 0 Å². The fraction of sp³-hybridized carbons (Fsp3) is 0.833. The number of rotatable bonds is 3. The van der Waals surface area contributed by atoms with Crippen molar-refractivity contribution in [3.8, 4) is 0 Å². The van der Waals surface area contributed by atoms with Crippen molar-refractivity contribution in [2.24, 2.45) is 10.7 Å². The molecular formula is C6H14N2O. The topological polar surface area (TPSA) is 47.6 Å². The Bertz CT molecular complexity index is 97.2. The number of methoxy groups -OCH3 is 1. The van der Waals surface area contributed by atoms with E-state index < -0.39 is 0 Å². The van der Waals surface area contributed by atoms with Gasteiger partial charge in [-0.25, -0.2) is 0 Å². The zero-order valence-electron chi connectivity index (χ0n) is 6.22. The van der Waals surface area contributed by atoms with Crippen LogP contribution in [0.1, 0.15) is 13.3 Å². The first kappa shape index (κ1) is 8.43. The van der Waals surface area contributed by atoms with Crippen molar-refractivity contribution in [2.75, 3.05) is 14.2 Å². The summed E-state index contributed by atoms with van der Waals surface area (Å²) < 4.78 is 5.00. The molecule has 3 nitrogen and oxygen atoms in total. The average Bonchev–Trinajstić information content (AvgIpc) is 1.90. The number of ether oxygens (including phenoxy) is 1. The molecule has 3 heteroatoms. The fourth-order valence-electron chi connectivity index (χ4n) is 0.641. The van der Waals surface area contributed by atoms with E-state index in [1.807, 2.05) is 6.92 Å². The number of nitrogens with two attached hydrogens (primary N) is 1. The van der Waals surface area contributed by atoms with Crippen molar-refractivity contribution in [3.05, 3.63) is 0 Å². The summed E-state index contributed by atoms with van der Waals surface area (Å²) in [7, 11) is 3.29. The molecule has 0 aromatic carbocycles. The molecule has 0 amide bonds. The lowest BCUT2D eigenvalue weighted by Gasteiger charge is -2.10. The van der Waals surface area contributed by atoms with Crippen molar-refractivity contribution >= 4 is 5.84 Å². The van der Waals surface area contributed by atoms with E-state index in [-0.39, 0.29) is 6.10 Å². The Labute approximate surface area is 55.9 Å². The summed E-state index contributed by atoms with van der Waals surface area (Å²) in [5.74, 6) is 0.569. The van der Waals surface area contributed by atoms with Gasteiger partial charge in [-0.2, -0.15) is 0 Å². The molecule has 0 bridgehead atoms. The van der Waals surface area contributed by atoms with Crippen LogP contribution < -0.4 is 5.73 Å². The molecule has 54 valence electrons. The largest absolute Gasteiger partial charge is 0.385 e. The number of nitrogens with zero attached hydrogens (tertiary/aromatic N) is 1. The van der Waals surface area contributed by atoms with Gasteiger partial charge in [-0.15, -0.1) is 0 Å². The molecule has 0 radical (unpaired) electrons. The Morgan fingerprint density at radius 1 is 1.78 bits per heavy atom. The van der Waals surface area contributed by atoms with Gasteiger partial charge < -0.3 is 10.5 Å². The maximum Gasteiger partial charge on any atom is 0.123 e. The van der Waals surface area contributed by atoms with Crippen LogP contribution in [-0.4, -0.2) is 26.1 Å². The molecule has 9 heavy (non-hydrogen) atoms. The number of amidine groups is 1. The minimum Gasteiger partial charge on any atom is -0.385 e. The molecule has 1 atom stereocenters. The lowest BCUT2D eigenvalue weighted by molar-refractivity contribution is 0.151. The molecule has 0 saturated carbocycles. The molecule has 0 aromatic rings. The average molecular weight is 130 g/mol. The Balaban J connectivity index is 3.79. The minimum absolute atomic E-state index is 0.00463. The monoisotopic (exact) mass is 130 g/mol. The maximum atomic E-state index is 5.46. The normalized spacial score (nSPS) is 15.7. The summed E-state index contributed by atoms with van der Waals surface area (Å²) in [5, 5.41) is 0. The minimum atomic E-state index is -0.00463. The van der Waals surface area contributed by atoms with Gasteiger partial charge in [0.2, 0.25) is 0 Å². The van der Waals surface area contributed by atoms with E-state index in [4.69, 9.17) is 10.5 Å². The van der Waals surface area contributed by atoms with Gasteiger partial charge in [-0.1, -0.05) is 6.92 Å². The molecule has 0 aromatic heterocycles. The first-order valence-electron chi connectivity index (χ1n) is 3.01. The first-order valence-corrected chi connectivity index (χ1v) is 3.01. The van der Waals surface area contributed by atoms with Gasteiger partial charge >= 0.3 is 0 Å². The molecule has 0 aliphatic carbocycles. The van der Waals surface area contributed by atoms with Crippen LogP contribution in [0.5, 0.6) is 0 Å². The molecule has 0 fully saturated rings. The third kappa shape index (κ3) is 2.46. The van der Waals surface area contributed by atoms with Crippen molar-refractivity contribution in [1.82, 2.24) is 0 Å². The zero-order chi connectivity index (χ0) is 7.28. The van der Waals surface area contributed by atoms with E-state index in [2.05, 4.69) is 4.99 Å². The van der Waals surface area contributed by atoms with E-state index >= 15 is 0 Å². The van der Waals surface area contributed by atoms with E-state index in [1.54, 1.807) is 14.2 Å². The van der Waals surface area contributed by atoms with Gasteiger partial charge in [0.05, 0.1) is 0 Å². The predicted molar refractivity (Wildman–Crippen MR) is 38.6 cm³/mol. The summed E-state index contributed by atoms with van der Waals surface area (Å²) in [5.41, 5.74) is 5.46. The number of hydrogen-bond acceptors (Lipinski definition) is 2. The highest BCUT2D eigenvalue weighted by molar-refractivity contribution is 5.84. The summed E-state index contributed by atoms with van der Waals surface area (Å²) in [4.78, 5) is 3.80. The third-order valence-corrected chi connectivity index (χ3v) is 1.24. The van der Waals surface area contributed by atoms with Crippen molar-refractivity contribution in [1.29, 1.82) is 0 Å². The number of hydrogen-bond donors (Lipinski definition) is 1. The molecular weight excluding hydrogens is 116 g/mol. The molecule has 1 unspecified atom stereocenters. The lowest BCUT2D eigenvalue weighted by atomic mass is 10.2. The van der Waals surface area contributed by atoms with Gasteiger partial charge in [0.15, 0.2) is 0 Å². The van der Waals surface area contributed by atoms with Crippen LogP contribution in [0, 0.1) is 0 Å². The second kappa shape index (κ2) is 4.32. The van der Waals surface area contributed by atoms with Crippen LogP contribution in [0.25, 0.3) is 0 Å². The number of aliphatic imine (C=N–C) groups is 1. The Hall–Kier alpha value is -0.570. The maximum absolute atomic E-state index is 5.46. The smallest absolute Gasteiger partial charge is 0.123 e. The fourth-order valence-corrected chi connectivity index (χ4v) is 0.641. The van der Waals surface area contributed by atoms with Gasteiger partial charge in [0.1, 0.15) is 11.9 Å². The van der Waals surface area contributed by atoms with Crippen LogP contribution in [0.15, 0.2) is 4.99 Å². The lowest BCUT2D eigenvalue weighted by Crippen LogP contribution is -2.29. The Kier molecular flexibility index (Phi) is 4.05. The van der Waals surface area contributed by atoms with Crippen LogP contribution in [0.4, 0.5) is 0 Å². The second-order valence-corrected chi connectivity index (χ2v) is 1.78. The highest BCUT2D eigenvalue weighted by atomic mass is 16.5. The van der Waals surface area contributed by atoms with Crippen molar-refractivity contribution < 1.29 is 4.74 Å². The summed E-state index contributed by atoms with van der Waals surface area (Å²) in [6, 6.07) is 0. The summed E-state index contributed by atoms with van der Waals surface area (Å²) in [6.07, 6.45) is 0.870. The molecule has 0 aliphatic rings.